The molecule has 0 spiro atoms. The number of aromatic nitrogens is 3. The van der Waals surface area contributed by atoms with Gasteiger partial charge in [-0.15, -0.1) is 0 Å². The van der Waals surface area contributed by atoms with Crippen LogP contribution in [0.1, 0.15) is 5.56 Å². The van der Waals surface area contributed by atoms with Gasteiger partial charge in [0.25, 0.3) is 0 Å². The van der Waals surface area contributed by atoms with Gasteiger partial charge in [0.05, 0.1) is 18.2 Å². The van der Waals surface area contributed by atoms with Gasteiger partial charge in [0, 0.05) is 11.2 Å². The first-order valence-electron chi connectivity index (χ1n) is 5.83. The summed E-state index contributed by atoms with van der Waals surface area (Å²) in [6.45, 7) is 1.99. The van der Waals surface area contributed by atoms with Crippen LogP contribution in [-0.4, -0.2) is 22.1 Å². The van der Waals surface area contributed by atoms with Crippen LogP contribution in [0.3, 0.4) is 0 Å². The standard InChI is InChI=1S/C14H12ClN3O/c1-8-5-11-14(16-7-8)18-13(17-11)10-6-9(15)3-4-12(10)19-2/h3-7H,1-2H3,(H,16,17,18). The maximum absolute atomic E-state index is 6.03. The maximum atomic E-state index is 6.03. The van der Waals surface area contributed by atoms with E-state index in [2.05, 4.69) is 15.0 Å². The number of ether oxygens (including phenoxy) is 1. The van der Waals surface area contributed by atoms with Crippen molar-refractivity contribution in [3.8, 4) is 17.1 Å². The van der Waals surface area contributed by atoms with Crippen LogP contribution >= 0.6 is 11.6 Å². The fourth-order valence-electron chi connectivity index (χ4n) is 2.00. The highest BCUT2D eigenvalue weighted by molar-refractivity contribution is 6.30. The van der Waals surface area contributed by atoms with Crippen LogP contribution in [0.4, 0.5) is 0 Å². The molecule has 0 aliphatic heterocycles. The third-order valence-corrected chi connectivity index (χ3v) is 3.13. The van der Waals surface area contributed by atoms with Gasteiger partial charge in [-0.1, -0.05) is 11.6 Å². The molecule has 1 aromatic carbocycles. The van der Waals surface area contributed by atoms with Crippen LogP contribution in [0.25, 0.3) is 22.6 Å². The Labute approximate surface area is 115 Å². The van der Waals surface area contributed by atoms with Gasteiger partial charge in [0.2, 0.25) is 0 Å². The summed E-state index contributed by atoms with van der Waals surface area (Å²) >= 11 is 6.03. The molecule has 4 nitrogen and oxygen atoms in total. The predicted molar refractivity (Wildman–Crippen MR) is 75.6 cm³/mol. The molecular weight excluding hydrogens is 262 g/mol. The van der Waals surface area contributed by atoms with Gasteiger partial charge in [-0.2, -0.15) is 0 Å². The van der Waals surface area contributed by atoms with Gasteiger partial charge in [0.1, 0.15) is 11.6 Å². The van der Waals surface area contributed by atoms with Crippen molar-refractivity contribution in [2.45, 2.75) is 6.92 Å². The van der Waals surface area contributed by atoms with E-state index in [4.69, 9.17) is 16.3 Å². The number of aromatic amines is 1. The smallest absolute Gasteiger partial charge is 0.178 e. The number of hydrogen-bond acceptors (Lipinski definition) is 3. The molecule has 0 saturated heterocycles. The number of methoxy groups -OCH3 is 1. The van der Waals surface area contributed by atoms with Crippen LogP contribution < -0.4 is 4.74 Å². The molecule has 0 aliphatic rings. The Balaban J connectivity index is 2.21. The molecule has 0 bridgehead atoms. The molecule has 19 heavy (non-hydrogen) atoms. The lowest BCUT2D eigenvalue weighted by Gasteiger charge is -2.05. The van der Waals surface area contributed by atoms with E-state index in [1.807, 2.05) is 25.1 Å². The lowest BCUT2D eigenvalue weighted by molar-refractivity contribution is 0.416. The Bertz CT molecular complexity index is 752. The Morgan fingerprint density at radius 1 is 1.26 bits per heavy atom. The Kier molecular flexibility index (Phi) is 2.87. The average Bonchev–Trinajstić information content (AvgIpc) is 2.81. The van der Waals surface area contributed by atoms with Gasteiger partial charge >= 0.3 is 0 Å². The molecule has 0 aliphatic carbocycles. The van der Waals surface area contributed by atoms with Gasteiger partial charge < -0.3 is 9.72 Å². The minimum Gasteiger partial charge on any atom is -0.496 e. The van der Waals surface area contributed by atoms with Crippen molar-refractivity contribution in [1.29, 1.82) is 0 Å². The van der Waals surface area contributed by atoms with Gasteiger partial charge in [0.15, 0.2) is 5.65 Å². The second-order valence-corrected chi connectivity index (χ2v) is 4.75. The molecule has 0 radical (unpaired) electrons. The number of H-pyrrole nitrogens is 1. The topological polar surface area (TPSA) is 50.8 Å². The zero-order valence-corrected chi connectivity index (χ0v) is 11.3. The third kappa shape index (κ3) is 2.15. The van der Waals surface area contributed by atoms with E-state index in [9.17, 15) is 0 Å². The summed E-state index contributed by atoms with van der Waals surface area (Å²) in [4.78, 5) is 12.0. The quantitative estimate of drug-likeness (QED) is 0.776. The third-order valence-electron chi connectivity index (χ3n) is 2.89. The first-order valence-corrected chi connectivity index (χ1v) is 6.21. The summed E-state index contributed by atoms with van der Waals surface area (Å²) in [7, 11) is 1.62. The summed E-state index contributed by atoms with van der Waals surface area (Å²) in [5, 5.41) is 0.639. The SMILES string of the molecule is COc1ccc(Cl)cc1-c1nc2ncc(C)cc2[nH]1. The number of hydrogen-bond donors (Lipinski definition) is 1. The number of nitrogens with zero attached hydrogens (tertiary/aromatic N) is 2. The normalized spacial score (nSPS) is 10.9. The largest absolute Gasteiger partial charge is 0.496 e. The number of nitrogens with one attached hydrogen (secondary N) is 1. The number of imidazole rings is 1. The second kappa shape index (κ2) is 4.55. The van der Waals surface area contributed by atoms with Crippen molar-refractivity contribution in [3.63, 3.8) is 0 Å². The minimum atomic E-state index is 0.639. The molecule has 0 saturated carbocycles. The molecule has 3 aromatic rings. The number of benzene rings is 1. The number of pyridine rings is 1. The lowest BCUT2D eigenvalue weighted by atomic mass is 10.2. The van der Waals surface area contributed by atoms with Crippen LogP contribution in [-0.2, 0) is 0 Å². The molecule has 96 valence electrons. The number of rotatable bonds is 2. The molecule has 5 heteroatoms. The predicted octanol–water partition coefficient (Wildman–Crippen LogP) is 3.60. The van der Waals surface area contributed by atoms with Crippen LogP contribution in [0.5, 0.6) is 5.75 Å². The van der Waals surface area contributed by atoms with E-state index >= 15 is 0 Å². The molecule has 1 N–H and O–H groups in total. The first-order chi connectivity index (χ1) is 9.17. The van der Waals surface area contributed by atoms with Crippen molar-refractivity contribution in [2.75, 3.05) is 7.11 Å². The summed E-state index contributed by atoms with van der Waals surface area (Å²) in [5.74, 6) is 1.42. The van der Waals surface area contributed by atoms with E-state index in [1.165, 1.54) is 0 Å². The summed E-state index contributed by atoms with van der Waals surface area (Å²) in [6, 6.07) is 7.44. The van der Waals surface area contributed by atoms with Crippen molar-refractivity contribution in [2.24, 2.45) is 0 Å². The molecule has 0 fully saturated rings. The summed E-state index contributed by atoms with van der Waals surface area (Å²) in [6.07, 6.45) is 1.79. The highest BCUT2D eigenvalue weighted by atomic mass is 35.5. The number of fused-ring (bicyclic) bond motifs is 1. The molecular formula is C14H12ClN3O. The van der Waals surface area contributed by atoms with Crippen LogP contribution in [0.2, 0.25) is 5.02 Å². The van der Waals surface area contributed by atoms with E-state index in [1.54, 1.807) is 19.4 Å². The molecule has 3 rings (SSSR count). The maximum Gasteiger partial charge on any atom is 0.178 e. The second-order valence-electron chi connectivity index (χ2n) is 4.31. The van der Waals surface area contributed by atoms with Crippen LogP contribution in [0.15, 0.2) is 30.5 Å². The number of aryl methyl sites for hydroxylation is 1. The van der Waals surface area contributed by atoms with Gasteiger partial charge in [-0.3, -0.25) is 0 Å². The fraction of sp³-hybridized carbons (Fsp3) is 0.143. The molecule has 2 aromatic heterocycles. The highest BCUT2D eigenvalue weighted by Gasteiger charge is 2.12. The zero-order chi connectivity index (χ0) is 13.4. The van der Waals surface area contributed by atoms with E-state index in [0.717, 1.165) is 22.4 Å². The lowest BCUT2D eigenvalue weighted by Crippen LogP contribution is -1.89. The first kappa shape index (κ1) is 12.0. The zero-order valence-electron chi connectivity index (χ0n) is 10.6. The summed E-state index contributed by atoms with van der Waals surface area (Å²) < 4.78 is 5.34. The van der Waals surface area contributed by atoms with Gasteiger partial charge in [-0.25, -0.2) is 9.97 Å². The van der Waals surface area contributed by atoms with Crippen LogP contribution in [0, 0.1) is 6.92 Å². The minimum absolute atomic E-state index is 0.639. The van der Waals surface area contributed by atoms with Gasteiger partial charge in [-0.05, 0) is 36.8 Å². The van der Waals surface area contributed by atoms with E-state index in [0.29, 0.717) is 16.5 Å². The Morgan fingerprint density at radius 3 is 2.89 bits per heavy atom. The van der Waals surface area contributed by atoms with Crippen molar-refractivity contribution >= 4 is 22.8 Å². The molecule has 0 amide bonds. The Morgan fingerprint density at radius 2 is 2.11 bits per heavy atom. The highest BCUT2D eigenvalue weighted by Crippen LogP contribution is 2.31. The van der Waals surface area contributed by atoms with E-state index in [-0.39, 0.29) is 0 Å². The van der Waals surface area contributed by atoms with Crippen molar-refractivity contribution < 1.29 is 4.74 Å². The average molecular weight is 274 g/mol. The Hall–Kier alpha value is -2.07. The van der Waals surface area contributed by atoms with Crippen molar-refractivity contribution in [3.05, 3.63) is 41.0 Å². The summed E-state index contributed by atoms with van der Waals surface area (Å²) in [5.41, 5.74) is 3.49. The van der Waals surface area contributed by atoms with E-state index < -0.39 is 0 Å². The molecule has 0 unspecified atom stereocenters. The number of halogens is 1. The molecule has 0 atom stereocenters. The monoisotopic (exact) mass is 273 g/mol. The van der Waals surface area contributed by atoms with Crippen molar-refractivity contribution in [1.82, 2.24) is 15.0 Å². The molecule has 2 heterocycles. The fourth-order valence-corrected chi connectivity index (χ4v) is 2.17.